The zero-order valence-corrected chi connectivity index (χ0v) is 5.61. The van der Waals surface area contributed by atoms with Crippen LogP contribution in [0.15, 0.2) is 0 Å². The summed E-state index contributed by atoms with van der Waals surface area (Å²) < 4.78 is 0. The summed E-state index contributed by atoms with van der Waals surface area (Å²) in [6, 6.07) is 0. The molecular weight excluding hydrogens is 100 g/mol. The van der Waals surface area contributed by atoms with E-state index in [1.165, 1.54) is 12.8 Å². The van der Waals surface area contributed by atoms with E-state index in [9.17, 15) is 5.11 Å². The van der Waals surface area contributed by atoms with Gasteiger partial charge in [-0.2, -0.15) is 0 Å². The van der Waals surface area contributed by atoms with Gasteiger partial charge >= 0.3 is 0 Å². The van der Waals surface area contributed by atoms with Crippen molar-refractivity contribution in [1.82, 2.24) is 0 Å². The molecule has 0 N–H and O–H groups in total. The molecule has 0 aliphatic heterocycles. The van der Waals surface area contributed by atoms with Gasteiger partial charge in [-0.15, -0.1) is 0 Å². The van der Waals surface area contributed by atoms with Gasteiger partial charge in [-0.05, 0) is 32.1 Å². The fraction of sp³-hybridized carbons (Fsp3) is 1.00. The molecule has 0 amide bonds. The molecular formula is C7H13O. The summed E-state index contributed by atoms with van der Waals surface area (Å²) in [5, 5.41) is 11.2. The Morgan fingerprint density at radius 2 is 2.12 bits per heavy atom. The monoisotopic (exact) mass is 113 g/mol. The molecule has 47 valence electrons. The predicted molar refractivity (Wildman–Crippen MR) is 32.1 cm³/mol. The maximum atomic E-state index is 11.2. The molecule has 1 atom stereocenters. The van der Waals surface area contributed by atoms with E-state index in [1.54, 1.807) is 0 Å². The topological polar surface area (TPSA) is 19.9 Å². The van der Waals surface area contributed by atoms with Crippen LogP contribution in [0.1, 0.15) is 33.1 Å². The average Bonchev–Trinajstić information content (AvgIpc) is 2.44. The SMILES string of the molecule is CCC(C)([O])C1CC1. The van der Waals surface area contributed by atoms with Gasteiger partial charge in [0.05, 0.1) is 0 Å². The summed E-state index contributed by atoms with van der Waals surface area (Å²) in [5.41, 5.74) is -0.597. The highest BCUT2D eigenvalue weighted by atomic mass is 16.3. The van der Waals surface area contributed by atoms with E-state index in [2.05, 4.69) is 0 Å². The number of rotatable bonds is 2. The lowest BCUT2D eigenvalue weighted by Crippen LogP contribution is -2.23. The molecule has 1 rings (SSSR count). The maximum absolute atomic E-state index is 11.2. The van der Waals surface area contributed by atoms with Gasteiger partial charge in [0.2, 0.25) is 0 Å². The predicted octanol–water partition coefficient (Wildman–Crippen LogP) is 2.00. The minimum Gasteiger partial charge on any atom is -0.230 e. The van der Waals surface area contributed by atoms with Crippen LogP contribution in [0.4, 0.5) is 0 Å². The largest absolute Gasteiger partial charge is 0.230 e. The Balaban J connectivity index is 2.37. The van der Waals surface area contributed by atoms with Crippen molar-refractivity contribution < 1.29 is 5.11 Å². The minimum absolute atomic E-state index is 0.507. The Morgan fingerprint density at radius 1 is 1.62 bits per heavy atom. The van der Waals surface area contributed by atoms with Crippen LogP contribution < -0.4 is 0 Å². The summed E-state index contributed by atoms with van der Waals surface area (Å²) in [7, 11) is 0. The van der Waals surface area contributed by atoms with E-state index in [0.29, 0.717) is 5.92 Å². The first kappa shape index (κ1) is 6.09. The first-order valence-corrected chi connectivity index (χ1v) is 3.37. The van der Waals surface area contributed by atoms with E-state index >= 15 is 0 Å². The third kappa shape index (κ3) is 1.03. The van der Waals surface area contributed by atoms with E-state index in [1.807, 2.05) is 13.8 Å². The lowest BCUT2D eigenvalue weighted by Gasteiger charge is -2.15. The second-order valence-corrected chi connectivity index (χ2v) is 2.94. The van der Waals surface area contributed by atoms with Gasteiger partial charge in [-0.1, -0.05) is 6.92 Å². The summed E-state index contributed by atoms with van der Waals surface area (Å²) in [6.07, 6.45) is 3.14. The van der Waals surface area contributed by atoms with Gasteiger partial charge < -0.3 is 0 Å². The molecule has 1 saturated carbocycles. The highest BCUT2D eigenvalue weighted by Gasteiger charge is 2.39. The van der Waals surface area contributed by atoms with E-state index in [4.69, 9.17) is 0 Å². The molecule has 1 unspecified atom stereocenters. The Kier molecular flexibility index (Phi) is 1.31. The van der Waals surface area contributed by atoms with E-state index in [0.717, 1.165) is 6.42 Å². The molecule has 0 aromatic rings. The molecule has 1 nitrogen and oxygen atoms in total. The molecule has 1 heteroatoms. The van der Waals surface area contributed by atoms with E-state index < -0.39 is 5.60 Å². The summed E-state index contributed by atoms with van der Waals surface area (Å²) >= 11 is 0. The third-order valence-electron chi connectivity index (χ3n) is 2.14. The van der Waals surface area contributed by atoms with Crippen LogP contribution in [0, 0.1) is 5.92 Å². The smallest absolute Gasteiger partial charge is 0.103 e. The van der Waals surface area contributed by atoms with Crippen LogP contribution in [0.3, 0.4) is 0 Å². The summed E-state index contributed by atoms with van der Waals surface area (Å²) in [4.78, 5) is 0. The standard InChI is InChI=1S/C7H13O/c1-3-7(2,8)6-4-5-6/h6H,3-5H2,1-2H3. The molecule has 1 radical (unpaired) electrons. The Hall–Kier alpha value is -0.0400. The number of hydrogen-bond donors (Lipinski definition) is 0. The van der Waals surface area contributed by atoms with Crippen molar-refractivity contribution in [2.24, 2.45) is 5.92 Å². The molecule has 0 aromatic heterocycles. The molecule has 0 spiro atoms. The number of hydrogen-bond acceptors (Lipinski definition) is 0. The molecule has 0 heterocycles. The summed E-state index contributed by atoms with van der Waals surface area (Å²) in [6.45, 7) is 3.80. The molecule has 0 aromatic carbocycles. The third-order valence-corrected chi connectivity index (χ3v) is 2.14. The normalized spacial score (nSPS) is 27.4. The molecule has 1 aliphatic rings. The molecule has 1 fully saturated rings. The summed E-state index contributed by atoms with van der Waals surface area (Å²) in [5.74, 6) is 0.507. The van der Waals surface area contributed by atoms with Crippen molar-refractivity contribution >= 4 is 0 Å². The van der Waals surface area contributed by atoms with Crippen molar-refractivity contribution in [2.75, 3.05) is 0 Å². The van der Waals surface area contributed by atoms with Gasteiger partial charge in [0.15, 0.2) is 0 Å². The molecule has 8 heavy (non-hydrogen) atoms. The highest BCUT2D eigenvalue weighted by Crippen LogP contribution is 2.41. The van der Waals surface area contributed by atoms with Crippen LogP contribution >= 0.6 is 0 Å². The molecule has 0 saturated heterocycles. The fourth-order valence-corrected chi connectivity index (χ4v) is 0.983. The van der Waals surface area contributed by atoms with Gasteiger partial charge in [-0.3, -0.25) is 0 Å². The van der Waals surface area contributed by atoms with Crippen LogP contribution in [0.5, 0.6) is 0 Å². The van der Waals surface area contributed by atoms with Crippen molar-refractivity contribution in [1.29, 1.82) is 0 Å². The minimum atomic E-state index is -0.597. The zero-order valence-electron chi connectivity index (χ0n) is 5.61. The zero-order chi connectivity index (χ0) is 6.20. The van der Waals surface area contributed by atoms with E-state index in [-0.39, 0.29) is 0 Å². The highest BCUT2D eigenvalue weighted by molar-refractivity contribution is 4.89. The van der Waals surface area contributed by atoms with Crippen LogP contribution in [-0.2, 0) is 5.11 Å². The van der Waals surface area contributed by atoms with Crippen LogP contribution in [0.25, 0.3) is 0 Å². The van der Waals surface area contributed by atoms with Gasteiger partial charge in [-0.25, -0.2) is 5.11 Å². The Morgan fingerprint density at radius 3 is 2.25 bits per heavy atom. The molecule has 0 bridgehead atoms. The lowest BCUT2D eigenvalue weighted by molar-refractivity contribution is -0.0356. The molecule has 1 aliphatic carbocycles. The first-order valence-electron chi connectivity index (χ1n) is 3.37. The van der Waals surface area contributed by atoms with Gasteiger partial charge in [0.25, 0.3) is 0 Å². The first-order chi connectivity index (χ1) is 3.67. The maximum Gasteiger partial charge on any atom is 0.103 e. The fourth-order valence-electron chi connectivity index (χ4n) is 0.983. The lowest BCUT2D eigenvalue weighted by atomic mass is 9.98. The van der Waals surface area contributed by atoms with Crippen molar-refractivity contribution in [3.05, 3.63) is 0 Å². The second kappa shape index (κ2) is 1.73. The van der Waals surface area contributed by atoms with Crippen molar-refractivity contribution in [3.63, 3.8) is 0 Å². The average molecular weight is 113 g/mol. The second-order valence-electron chi connectivity index (χ2n) is 2.94. The van der Waals surface area contributed by atoms with Crippen LogP contribution in [0.2, 0.25) is 0 Å². The van der Waals surface area contributed by atoms with Crippen molar-refractivity contribution in [2.45, 2.75) is 38.7 Å². The van der Waals surface area contributed by atoms with Crippen LogP contribution in [-0.4, -0.2) is 5.60 Å². The Labute approximate surface area is 50.7 Å². The van der Waals surface area contributed by atoms with Gasteiger partial charge in [0, 0.05) is 0 Å². The van der Waals surface area contributed by atoms with Crippen molar-refractivity contribution in [3.8, 4) is 0 Å². The Bertz CT molecular complexity index is 82.4. The van der Waals surface area contributed by atoms with Gasteiger partial charge in [0.1, 0.15) is 5.60 Å². The quantitative estimate of drug-likeness (QED) is 0.522.